The molecule has 150 valence electrons. The fourth-order valence-electron chi connectivity index (χ4n) is 1.93. The smallest absolute Gasteiger partial charge is 0.426 e. The molecule has 8 nitrogen and oxygen atoms in total. The zero-order valence-corrected chi connectivity index (χ0v) is 17.0. The highest BCUT2D eigenvalue weighted by Gasteiger charge is 2.27. The van der Waals surface area contributed by atoms with E-state index in [1.807, 2.05) is 6.07 Å². The van der Waals surface area contributed by atoms with E-state index >= 15 is 0 Å². The lowest BCUT2D eigenvalue weighted by molar-refractivity contribution is -0.124. The van der Waals surface area contributed by atoms with Crippen LogP contribution in [0.5, 0.6) is 0 Å². The van der Waals surface area contributed by atoms with Crippen LogP contribution in [0.15, 0.2) is 35.7 Å². The van der Waals surface area contributed by atoms with Crippen LogP contribution in [0.25, 0.3) is 6.08 Å². The maximum absolute atomic E-state index is 12.3. The number of rotatable bonds is 6. The monoisotopic (exact) mass is 397 g/mol. The van der Waals surface area contributed by atoms with Crippen LogP contribution < -0.4 is 15.6 Å². The first kappa shape index (κ1) is 22.7. The minimum absolute atomic E-state index is 0.356. The highest BCUT2D eigenvalue weighted by Crippen LogP contribution is 2.08. The predicted octanol–water partition coefficient (Wildman–Crippen LogP) is 2.16. The van der Waals surface area contributed by atoms with Crippen molar-refractivity contribution in [2.24, 2.45) is 5.92 Å². The number of hydrogen-bond donors (Lipinski definition) is 3. The Kier molecular flexibility index (Phi) is 7.98. The van der Waals surface area contributed by atoms with Crippen LogP contribution in [0.2, 0.25) is 0 Å². The van der Waals surface area contributed by atoms with Crippen molar-refractivity contribution in [1.82, 2.24) is 15.6 Å². The van der Waals surface area contributed by atoms with Crippen LogP contribution in [0.3, 0.4) is 0 Å². The number of hydrazine groups is 1. The standard InChI is InChI=1S/C18H27N3O5S/c1-13(2)15(16(22)19-20-17(23)26-18(3,4)5)21-27(24,25)12-11-14-9-7-6-8-10-14/h6-13,15,21H,1-5H3,(H,19,22)(H,20,23). The summed E-state index contributed by atoms with van der Waals surface area (Å²) in [6, 6.07) is 7.82. The lowest BCUT2D eigenvalue weighted by atomic mass is 10.1. The van der Waals surface area contributed by atoms with Gasteiger partial charge in [0, 0.05) is 5.41 Å². The molecule has 3 N–H and O–H groups in total. The van der Waals surface area contributed by atoms with Crippen molar-refractivity contribution in [3.05, 3.63) is 41.3 Å². The average Bonchev–Trinajstić information content (AvgIpc) is 2.55. The van der Waals surface area contributed by atoms with E-state index in [1.165, 1.54) is 6.08 Å². The Morgan fingerprint density at radius 2 is 1.67 bits per heavy atom. The van der Waals surface area contributed by atoms with Gasteiger partial charge in [0.1, 0.15) is 11.6 Å². The quantitative estimate of drug-likeness (QED) is 0.637. The third-order valence-corrected chi connectivity index (χ3v) is 4.24. The molecule has 1 aromatic carbocycles. The second-order valence-corrected chi connectivity index (χ2v) is 8.81. The van der Waals surface area contributed by atoms with E-state index in [9.17, 15) is 18.0 Å². The molecular weight excluding hydrogens is 370 g/mol. The van der Waals surface area contributed by atoms with Gasteiger partial charge in [0.15, 0.2) is 0 Å². The molecule has 0 aliphatic carbocycles. The molecular formula is C18H27N3O5S. The minimum atomic E-state index is -3.87. The molecule has 0 bridgehead atoms. The highest BCUT2D eigenvalue weighted by molar-refractivity contribution is 7.92. The molecule has 0 spiro atoms. The van der Waals surface area contributed by atoms with E-state index in [-0.39, 0.29) is 5.92 Å². The molecule has 9 heteroatoms. The van der Waals surface area contributed by atoms with Gasteiger partial charge >= 0.3 is 6.09 Å². The van der Waals surface area contributed by atoms with Gasteiger partial charge in [0.2, 0.25) is 10.0 Å². The number of benzene rings is 1. The van der Waals surface area contributed by atoms with Crippen molar-refractivity contribution in [2.45, 2.75) is 46.3 Å². The second kappa shape index (κ2) is 9.52. The lowest BCUT2D eigenvalue weighted by Gasteiger charge is -2.22. The molecule has 0 aliphatic rings. The number of nitrogens with one attached hydrogen (secondary N) is 3. The predicted molar refractivity (Wildman–Crippen MR) is 104 cm³/mol. The average molecular weight is 397 g/mol. The van der Waals surface area contributed by atoms with Gasteiger partial charge in [0.25, 0.3) is 5.91 Å². The van der Waals surface area contributed by atoms with Gasteiger partial charge in [0.05, 0.1) is 0 Å². The Balaban J connectivity index is 2.73. The zero-order chi connectivity index (χ0) is 20.7. The number of hydrogen-bond acceptors (Lipinski definition) is 5. The Morgan fingerprint density at radius 1 is 1.07 bits per heavy atom. The van der Waals surface area contributed by atoms with E-state index in [2.05, 4.69) is 15.6 Å². The fourth-order valence-corrected chi connectivity index (χ4v) is 3.08. The summed E-state index contributed by atoms with van der Waals surface area (Å²) >= 11 is 0. The van der Waals surface area contributed by atoms with Crippen molar-refractivity contribution in [3.8, 4) is 0 Å². The van der Waals surface area contributed by atoms with Crippen molar-refractivity contribution in [2.75, 3.05) is 0 Å². The van der Waals surface area contributed by atoms with E-state index in [4.69, 9.17) is 4.74 Å². The van der Waals surface area contributed by atoms with E-state index in [1.54, 1.807) is 58.9 Å². The molecule has 0 radical (unpaired) electrons. The molecule has 1 rings (SSSR count). The fraction of sp³-hybridized carbons (Fsp3) is 0.444. The van der Waals surface area contributed by atoms with Gasteiger partial charge in [-0.15, -0.1) is 0 Å². The molecule has 0 aliphatic heterocycles. The Labute approximate surface area is 160 Å². The maximum Gasteiger partial charge on any atom is 0.426 e. The third kappa shape index (κ3) is 9.20. The largest absolute Gasteiger partial charge is 0.443 e. The van der Waals surface area contributed by atoms with Gasteiger partial charge < -0.3 is 4.74 Å². The molecule has 0 fully saturated rings. The van der Waals surface area contributed by atoms with Crippen LogP contribution in [-0.4, -0.2) is 32.1 Å². The van der Waals surface area contributed by atoms with Gasteiger partial charge in [-0.3, -0.25) is 10.2 Å². The zero-order valence-electron chi connectivity index (χ0n) is 16.1. The summed E-state index contributed by atoms with van der Waals surface area (Å²) in [6.45, 7) is 8.40. The van der Waals surface area contributed by atoms with Crippen LogP contribution in [0, 0.1) is 5.92 Å². The van der Waals surface area contributed by atoms with Crippen LogP contribution >= 0.6 is 0 Å². The molecule has 1 atom stereocenters. The van der Waals surface area contributed by atoms with Crippen molar-refractivity contribution >= 4 is 28.1 Å². The molecule has 0 saturated carbocycles. The molecule has 1 unspecified atom stereocenters. The highest BCUT2D eigenvalue weighted by atomic mass is 32.2. The number of ether oxygens (including phenoxy) is 1. The topological polar surface area (TPSA) is 114 Å². The molecule has 2 amide bonds. The SMILES string of the molecule is CC(C)C(NS(=O)(=O)C=Cc1ccccc1)C(=O)NNC(=O)OC(C)(C)C. The number of sulfonamides is 1. The maximum atomic E-state index is 12.3. The van der Waals surface area contributed by atoms with Crippen molar-refractivity contribution in [3.63, 3.8) is 0 Å². The van der Waals surface area contributed by atoms with Crippen molar-refractivity contribution < 1.29 is 22.7 Å². The summed E-state index contributed by atoms with van der Waals surface area (Å²) < 4.78 is 31.8. The normalized spacial score (nSPS) is 13.4. The second-order valence-electron chi connectivity index (χ2n) is 7.21. The lowest BCUT2D eigenvalue weighted by Crippen LogP contribution is -2.54. The Hall–Kier alpha value is -2.39. The summed E-state index contributed by atoms with van der Waals surface area (Å²) in [6.07, 6.45) is 0.585. The first-order chi connectivity index (χ1) is 12.4. The summed E-state index contributed by atoms with van der Waals surface area (Å²) in [5, 5.41) is 0.992. The van der Waals surface area contributed by atoms with Gasteiger partial charge in [-0.1, -0.05) is 44.2 Å². The minimum Gasteiger partial charge on any atom is -0.443 e. The van der Waals surface area contributed by atoms with Crippen LogP contribution in [0.4, 0.5) is 4.79 Å². The molecule has 27 heavy (non-hydrogen) atoms. The van der Waals surface area contributed by atoms with Gasteiger partial charge in [-0.05, 0) is 38.3 Å². The number of amides is 2. The number of carbonyl (C=O) groups is 2. The summed E-state index contributed by atoms with van der Waals surface area (Å²) in [5.41, 5.74) is 4.25. The van der Waals surface area contributed by atoms with E-state index < -0.39 is 33.7 Å². The third-order valence-electron chi connectivity index (χ3n) is 3.17. The van der Waals surface area contributed by atoms with E-state index in [0.717, 1.165) is 5.41 Å². The molecule has 0 heterocycles. The summed E-state index contributed by atoms with van der Waals surface area (Å²) in [5.74, 6) is -1.06. The van der Waals surface area contributed by atoms with Crippen LogP contribution in [0.1, 0.15) is 40.2 Å². The van der Waals surface area contributed by atoms with Crippen molar-refractivity contribution in [1.29, 1.82) is 0 Å². The number of carbonyl (C=O) groups excluding carboxylic acids is 2. The van der Waals surface area contributed by atoms with Crippen LogP contribution in [-0.2, 0) is 19.6 Å². The molecule has 0 saturated heterocycles. The summed E-state index contributed by atoms with van der Waals surface area (Å²) in [4.78, 5) is 23.9. The Morgan fingerprint density at radius 3 is 2.19 bits per heavy atom. The molecule has 1 aromatic rings. The van der Waals surface area contributed by atoms with Gasteiger partial charge in [-0.25, -0.2) is 18.6 Å². The summed E-state index contributed by atoms with van der Waals surface area (Å²) in [7, 11) is -3.87. The first-order valence-corrected chi connectivity index (χ1v) is 9.98. The first-order valence-electron chi connectivity index (χ1n) is 8.44. The van der Waals surface area contributed by atoms with Gasteiger partial charge in [-0.2, -0.15) is 4.72 Å². The molecule has 0 aromatic heterocycles. The van der Waals surface area contributed by atoms with E-state index in [0.29, 0.717) is 5.56 Å². The Bertz CT molecular complexity index is 768.